The summed E-state index contributed by atoms with van der Waals surface area (Å²) in [7, 11) is 0. The first-order valence-electron chi connectivity index (χ1n) is 8.46. The van der Waals surface area contributed by atoms with E-state index >= 15 is 0 Å². The van der Waals surface area contributed by atoms with Gasteiger partial charge < -0.3 is 20.7 Å². The highest BCUT2D eigenvalue weighted by atomic mass is 35.5. The lowest BCUT2D eigenvalue weighted by atomic mass is 9.89. The standard InChI is InChI=1S/C17H20ClF2N3O3/c18-14-11(19)4-3-10(15(14)20)13(6-9-2-1-5-26-8-9)23-7-12(16(21)24)22-17(23)25/h3-4,9,12-13H,1-2,5-8H2,(H2,21,24)(H,22,25)/t9-,12?,13+/m0/s1. The first kappa shape index (κ1) is 18.8. The molecule has 0 aliphatic carbocycles. The molecule has 2 saturated heterocycles. The molecule has 3 atom stereocenters. The summed E-state index contributed by atoms with van der Waals surface area (Å²) in [6.45, 7) is 1.19. The Bertz CT molecular complexity index is 713. The van der Waals surface area contributed by atoms with Gasteiger partial charge in [-0.25, -0.2) is 13.6 Å². The van der Waals surface area contributed by atoms with Crippen LogP contribution in [0, 0.1) is 17.6 Å². The molecule has 3 N–H and O–H groups in total. The van der Waals surface area contributed by atoms with Gasteiger partial charge in [0.15, 0.2) is 0 Å². The van der Waals surface area contributed by atoms with Crippen molar-refractivity contribution < 1.29 is 23.1 Å². The van der Waals surface area contributed by atoms with Gasteiger partial charge in [-0.3, -0.25) is 4.79 Å². The van der Waals surface area contributed by atoms with E-state index in [0.29, 0.717) is 19.6 Å². The lowest BCUT2D eigenvalue weighted by molar-refractivity contribution is -0.119. The number of benzene rings is 1. The Morgan fingerprint density at radius 1 is 1.46 bits per heavy atom. The van der Waals surface area contributed by atoms with Crippen molar-refractivity contribution in [2.75, 3.05) is 19.8 Å². The van der Waals surface area contributed by atoms with E-state index in [0.717, 1.165) is 18.9 Å². The quantitative estimate of drug-likeness (QED) is 0.760. The van der Waals surface area contributed by atoms with Crippen LogP contribution in [-0.4, -0.2) is 42.6 Å². The second kappa shape index (κ2) is 7.75. The predicted molar refractivity (Wildman–Crippen MR) is 90.5 cm³/mol. The lowest BCUT2D eigenvalue weighted by Crippen LogP contribution is -2.39. The summed E-state index contributed by atoms with van der Waals surface area (Å²) < 4.78 is 33.7. The second-order valence-corrected chi connectivity index (χ2v) is 7.03. The molecule has 0 aromatic heterocycles. The molecule has 3 amide bonds. The summed E-state index contributed by atoms with van der Waals surface area (Å²) in [6.07, 6.45) is 2.17. The normalized spacial score (nSPS) is 24.4. The van der Waals surface area contributed by atoms with Gasteiger partial charge in [0.1, 0.15) is 22.7 Å². The van der Waals surface area contributed by atoms with Crippen LogP contribution in [0.15, 0.2) is 12.1 Å². The number of nitrogens with two attached hydrogens (primary N) is 1. The van der Waals surface area contributed by atoms with Crippen molar-refractivity contribution >= 4 is 23.5 Å². The smallest absolute Gasteiger partial charge is 0.318 e. The third-order valence-corrected chi connectivity index (χ3v) is 5.24. The van der Waals surface area contributed by atoms with Crippen LogP contribution in [0.3, 0.4) is 0 Å². The number of nitrogens with one attached hydrogen (secondary N) is 1. The molecule has 1 unspecified atom stereocenters. The summed E-state index contributed by atoms with van der Waals surface area (Å²) in [5, 5.41) is 1.88. The Labute approximate surface area is 154 Å². The summed E-state index contributed by atoms with van der Waals surface area (Å²) in [5.74, 6) is -2.33. The topological polar surface area (TPSA) is 84.7 Å². The first-order chi connectivity index (χ1) is 12.4. The molecule has 26 heavy (non-hydrogen) atoms. The van der Waals surface area contributed by atoms with Crippen molar-refractivity contribution in [1.82, 2.24) is 10.2 Å². The number of amides is 3. The number of hydrogen-bond donors (Lipinski definition) is 2. The maximum absolute atomic E-state index is 14.6. The van der Waals surface area contributed by atoms with Crippen LogP contribution < -0.4 is 11.1 Å². The van der Waals surface area contributed by atoms with E-state index in [-0.39, 0.29) is 18.0 Å². The van der Waals surface area contributed by atoms with Crippen LogP contribution in [0.1, 0.15) is 30.9 Å². The zero-order valence-electron chi connectivity index (χ0n) is 14.0. The number of nitrogens with zero attached hydrogens (tertiary/aromatic N) is 1. The molecule has 2 fully saturated rings. The molecule has 9 heteroatoms. The van der Waals surface area contributed by atoms with Crippen molar-refractivity contribution in [3.05, 3.63) is 34.4 Å². The van der Waals surface area contributed by atoms with Gasteiger partial charge in [0, 0.05) is 18.8 Å². The van der Waals surface area contributed by atoms with Crippen LogP contribution >= 0.6 is 11.6 Å². The van der Waals surface area contributed by atoms with Crippen LogP contribution in [0.2, 0.25) is 5.02 Å². The minimum Gasteiger partial charge on any atom is -0.381 e. The average molecular weight is 388 g/mol. The van der Waals surface area contributed by atoms with Gasteiger partial charge in [-0.15, -0.1) is 0 Å². The highest BCUT2D eigenvalue weighted by Gasteiger charge is 2.39. The molecule has 2 aliphatic rings. The predicted octanol–water partition coefficient (Wildman–Crippen LogP) is 2.36. The molecule has 3 rings (SSSR count). The molecule has 0 saturated carbocycles. The van der Waals surface area contributed by atoms with Gasteiger partial charge in [0.2, 0.25) is 5.91 Å². The SMILES string of the molecule is NC(=O)C1CN([C@H](C[C@@H]2CCCOC2)c2ccc(F)c(Cl)c2F)C(=O)N1. The van der Waals surface area contributed by atoms with Crippen LogP contribution in [0.4, 0.5) is 13.6 Å². The highest BCUT2D eigenvalue weighted by Crippen LogP contribution is 2.36. The third-order valence-electron chi connectivity index (χ3n) is 4.89. The fourth-order valence-electron chi connectivity index (χ4n) is 3.52. The Morgan fingerprint density at radius 3 is 2.85 bits per heavy atom. The van der Waals surface area contributed by atoms with Gasteiger partial charge in [0.05, 0.1) is 12.6 Å². The molecule has 2 heterocycles. The lowest BCUT2D eigenvalue weighted by Gasteiger charge is -2.32. The molecule has 0 spiro atoms. The maximum Gasteiger partial charge on any atom is 0.318 e. The zero-order valence-corrected chi connectivity index (χ0v) is 14.8. The van der Waals surface area contributed by atoms with Gasteiger partial charge in [-0.1, -0.05) is 17.7 Å². The van der Waals surface area contributed by atoms with Crippen molar-refractivity contribution in [3.63, 3.8) is 0 Å². The molecule has 142 valence electrons. The van der Waals surface area contributed by atoms with Gasteiger partial charge in [0.25, 0.3) is 0 Å². The van der Waals surface area contributed by atoms with Gasteiger partial charge >= 0.3 is 6.03 Å². The van der Waals surface area contributed by atoms with Gasteiger partial charge in [-0.2, -0.15) is 0 Å². The summed E-state index contributed by atoms with van der Waals surface area (Å²) >= 11 is 5.72. The fraction of sp³-hybridized carbons (Fsp3) is 0.529. The molecule has 1 aromatic carbocycles. The summed E-state index contributed by atoms with van der Waals surface area (Å²) in [5.41, 5.74) is 5.39. The minimum atomic E-state index is -0.899. The average Bonchev–Trinajstić information content (AvgIpc) is 3.01. The molecule has 2 aliphatic heterocycles. The Morgan fingerprint density at radius 2 is 2.23 bits per heavy atom. The van der Waals surface area contributed by atoms with E-state index in [9.17, 15) is 18.4 Å². The molecular formula is C17H20ClF2N3O3. The number of primary amides is 1. The van der Waals surface area contributed by atoms with E-state index in [2.05, 4.69) is 5.32 Å². The first-order valence-corrected chi connectivity index (χ1v) is 8.84. The van der Waals surface area contributed by atoms with Crippen molar-refractivity contribution in [2.24, 2.45) is 11.7 Å². The van der Waals surface area contributed by atoms with Crippen molar-refractivity contribution in [3.8, 4) is 0 Å². The number of rotatable bonds is 5. The van der Waals surface area contributed by atoms with Gasteiger partial charge in [-0.05, 0) is 31.2 Å². The second-order valence-electron chi connectivity index (χ2n) is 6.66. The third kappa shape index (κ3) is 3.76. The Balaban J connectivity index is 1.93. The van der Waals surface area contributed by atoms with E-state index in [4.69, 9.17) is 22.1 Å². The van der Waals surface area contributed by atoms with Crippen LogP contribution in [-0.2, 0) is 9.53 Å². The number of carbonyl (C=O) groups is 2. The number of halogens is 3. The Kier molecular flexibility index (Phi) is 5.62. The molecule has 0 bridgehead atoms. The van der Waals surface area contributed by atoms with Crippen LogP contribution in [0.25, 0.3) is 0 Å². The molecular weight excluding hydrogens is 368 g/mol. The molecule has 1 aromatic rings. The fourth-order valence-corrected chi connectivity index (χ4v) is 3.69. The van der Waals surface area contributed by atoms with Crippen molar-refractivity contribution in [2.45, 2.75) is 31.3 Å². The minimum absolute atomic E-state index is 0.0147. The largest absolute Gasteiger partial charge is 0.381 e. The van der Waals surface area contributed by atoms with E-state index in [1.54, 1.807) is 0 Å². The van der Waals surface area contributed by atoms with E-state index < -0.39 is 40.7 Å². The maximum atomic E-state index is 14.6. The number of urea groups is 1. The number of hydrogen-bond acceptors (Lipinski definition) is 3. The molecule has 6 nitrogen and oxygen atoms in total. The van der Waals surface area contributed by atoms with E-state index in [1.807, 2.05) is 0 Å². The Hall–Kier alpha value is -1.93. The summed E-state index contributed by atoms with van der Waals surface area (Å²) in [4.78, 5) is 25.1. The van der Waals surface area contributed by atoms with E-state index in [1.165, 1.54) is 11.0 Å². The van der Waals surface area contributed by atoms with Crippen molar-refractivity contribution in [1.29, 1.82) is 0 Å². The zero-order chi connectivity index (χ0) is 18.8. The highest BCUT2D eigenvalue weighted by molar-refractivity contribution is 6.31. The monoisotopic (exact) mass is 387 g/mol. The van der Waals surface area contributed by atoms with Crippen LogP contribution in [0.5, 0.6) is 0 Å². The summed E-state index contributed by atoms with van der Waals surface area (Å²) in [6, 6.07) is 0.284. The number of ether oxygens (including phenoxy) is 1. The molecule has 0 radical (unpaired) electrons. The number of carbonyl (C=O) groups excluding carboxylic acids is 2.